The Bertz CT molecular complexity index is 441. The molecule has 2 rings (SSSR count). The number of ether oxygens (including phenoxy) is 1. The van der Waals surface area contributed by atoms with Crippen LogP contribution in [0.1, 0.15) is 57.9 Å². The Morgan fingerprint density at radius 3 is 2.76 bits per heavy atom. The summed E-state index contributed by atoms with van der Waals surface area (Å²) in [5.74, 6) is 2.42. The standard InChI is InChI=1S/C19H31NO/c1-5-12-21-18-9-7-6-8-16(18)17-13-19(2,3)11-10-15(17)14-20-4/h6-9,15,17,20H,5,10-14H2,1-4H3. The van der Waals surface area contributed by atoms with E-state index in [0.717, 1.165) is 31.2 Å². The summed E-state index contributed by atoms with van der Waals surface area (Å²) in [7, 11) is 2.07. The highest BCUT2D eigenvalue weighted by Crippen LogP contribution is 2.48. The Morgan fingerprint density at radius 2 is 2.05 bits per heavy atom. The third-order valence-electron chi connectivity index (χ3n) is 4.78. The minimum absolute atomic E-state index is 0.437. The highest BCUT2D eigenvalue weighted by molar-refractivity contribution is 5.37. The van der Waals surface area contributed by atoms with E-state index in [9.17, 15) is 0 Å². The summed E-state index contributed by atoms with van der Waals surface area (Å²) in [4.78, 5) is 0. The monoisotopic (exact) mass is 289 g/mol. The predicted molar refractivity (Wildman–Crippen MR) is 90.0 cm³/mol. The Kier molecular flexibility index (Phi) is 5.69. The van der Waals surface area contributed by atoms with Gasteiger partial charge in [-0.1, -0.05) is 39.0 Å². The van der Waals surface area contributed by atoms with Crippen LogP contribution in [0.5, 0.6) is 5.75 Å². The van der Waals surface area contributed by atoms with Gasteiger partial charge in [-0.2, -0.15) is 0 Å². The van der Waals surface area contributed by atoms with Crippen LogP contribution in [0.2, 0.25) is 0 Å². The first-order valence-corrected chi connectivity index (χ1v) is 8.43. The van der Waals surface area contributed by atoms with Crippen molar-refractivity contribution < 1.29 is 4.74 Å². The van der Waals surface area contributed by atoms with Gasteiger partial charge < -0.3 is 10.1 Å². The van der Waals surface area contributed by atoms with Crippen molar-refractivity contribution in [1.82, 2.24) is 5.32 Å². The number of hydrogen-bond donors (Lipinski definition) is 1. The second kappa shape index (κ2) is 7.31. The van der Waals surface area contributed by atoms with E-state index in [2.05, 4.69) is 57.4 Å². The number of benzene rings is 1. The smallest absolute Gasteiger partial charge is 0.122 e. The van der Waals surface area contributed by atoms with Gasteiger partial charge in [-0.3, -0.25) is 0 Å². The predicted octanol–water partition coefficient (Wildman–Crippen LogP) is 4.60. The maximum Gasteiger partial charge on any atom is 0.122 e. The molecule has 2 unspecified atom stereocenters. The number of para-hydroxylation sites is 1. The molecule has 0 heterocycles. The minimum Gasteiger partial charge on any atom is -0.493 e. The summed E-state index contributed by atoms with van der Waals surface area (Å²) in [5.41, 5.74) is 1.85. The van der Waals surface area contributed by atoms with Crippen LogP contribution >= 0.6 is 0 Å². The lowest BCUT2D eigenvalue weighted by molar-refractivity contribution is 0.158. The fourth-order valence-corrected chi connectivity index (χ4v) is 3.64. The second-order valence-corrected chi connectivity index (χ2v) is 7.22. The highest BCUT2D eigenvalue weighted by Gasteiger charge is 2.36. The fraction of sp³-hybridized carbons (Fsp3) is 0.684. The van der Waals surface area contributed by atoms with Gasteiger partial charge in [-0.05, 0) is 68.2 Å². The van der Waals surface area contributed by atoms with E-state index in [1.54, 1.807) is 0 Å². The number of rotatable bonds is 6. The van der Waals surface area contributed by atoms with Crippen LogP contribution in [0.4, 0.5) is 0 Å². The highest BCUT2D eigenvalue weighted by atomic mass is 16.5. The number of nitrogens with one attached hydrogen (secondary N) is 1. The Morgan fingerprint density at radius 1 is 1.29 bits per heavy atom. The molecule has 118 valence electrons. The van der Waals surface area contributed by atoms with Crippen molar-refractivity contribution in [1.29, 1.82) is 0 Å². The molecule has 1 saturated carbocycles. The first-order valence-electron chi connectivity index (χ1n) is 8.43. The largest absolute Gasteiger partial charge is 0.493 e. The van der Waals surface area contributed by atoms with Gasteiger partial charge in [0.1, 0.15) is 5.75 Å². The van der Waals surface area contributed by atoms with Crippen molar-refractivity contribution in [2.45, 2.75) is 52.4 Å². The maximum absolute atomic E-state index is 6.01. The van der Waals surface area contributed by atoms with Gasteiger partial charge in [-0.25, -0.2) is 0 Å². The molecule has 0 spiro atoms. The molecule has 2 heteroatoms. The minimum atomic E-state index is 0.437. The SMILES string of the molecule is CCCOc1ccccc1C1CC(C)(C)CCC1CNC. The van der Waals surface area contributed by atoms with Crippen molar-refractivity contribution in [3.8, 4) is 5.75 Å². The molecule has 1 fully saturated rings. The van der Waals surface area contributed by atoms with E-state index in [1.165, 1.54) is 24.8 Å². The van der Waals surface area contributed by atoms with E-state index in [1.807, 2.05) is 0 Å². The van der Waals surface area contributed by atoms with Crippen LogP contribution < -0.4 is 10.1 Å². The Hall–Kier alpha value is -1.02. The lowest BCUT2D eigenvalue weighted by Crippen LogP contribution is -2.34. The van der Waals surface area contributed by atoms with Crippen LogP contribution in [-0.2, 0) is 0 Å². The molecule has 2 nitrogen and oxygen atoms in total. The first-order chi connectivity index (χ1) is 10.1. The lowest BCUT2D eigenvalue weighted by atomic mass is 9.65. The van der Waals surface area contributed by atoms with Crippen molar-refractivity contribution in [3.63, 3.8) is 0 Å². The van der Waals surface area contributed by atoms with Crippen molar-refractivity contribution >= 4 is 0 Å². The second-order valence-electron chi connectivity index (χ2n) is 7.22. The molecule has 0 saturated heterocycles. The van der Waals surface area contributed by atoms with E-state index < -0.39 is 0 Å². The molecule has 0 amide bonds. The molecular formula is C19H31NO. The molecule has 0 radical (unpaired) electrons. The third kappa shape index (κ3) is 4.23. The summed E-state index contributed by atoms with van der Waals surface area (Å²) in [6.45, 7) is 8.89. The lowest BCUT2D eigenvalue weighted by Gasteiger charge is -2.41. The van der Waals surface area contributed by atoms with Crippen LogP contribution in [0.3, 0.4) is 0 Å². The summed E-state index contributed by atoms with van der Waals surface area (Å²) in [5, 5.41) is 3.39. The van der Waals surface area contributed by atoms with Crippen LogP contribution in [0.15, 0.2) is 24.3 Å². The van der Waals surface area contributed by atoms with E-state index >= 15 is 0 Å². The fourth-order valence-electron chi connectivity index (χ4n) is 3.64. The van der Waals surface area contributed by atoms with Gasteiger partial charge in [0.15, 0.2) is 0 Å². The van der Waals surface area contributed by atoms with E-state index in [0.29, 0.717) is 11.3 Å². The molecule has 0 bridgehead atoms. The van der Waals surface area contributed by atoms with Crippen molar-refractivity contribution in [2.75, 3.05) is 20.2 Å². The van der Waals surface area contributed by atoms with Gasteiger partial charge in [-0.15, -0.1) is 0 Å². The third-order valence-corrected chi connectivity index (χ3v) is 4.78. The zero-order valence-electron chi connectivity index (χ0n) is 14.1. The molecule has 1 N–H and O–H groups in total. The normalized spacial score (nSPS) is 24.8. The Balaban J connectivity index is 2.26. The molecule has 1 aromatic rings. The quantitative estimate of drug-likeness (QED) is 0.826. The average Bonchev–Trinajstić information content (AvgIpc) is 2.47. The molecule has 0 aliphatic heterocycles. The van der Waals surface area contributed by atoms with Crippen LogP contribution in [0, 0.1) is 11.3 Å². The van der Waals surface area contributed by atoms with Crippen molar-refractivity contribution in [3.05, 3.63) is 29.8 Å². The van der Waals surface area contributed by atoms with Crippen molar-refractivity contribution in [2.24, 2.45) is 11.3 Å². The zero-order chi connectivity index (χ0) is 15.3. The van der Waals surface area contributed by atoms with Gasteiger partial charge in [0.05, 0.1) is 6.61 Å². The molecule has 0 aromatic heterocycles. The summed E-state index contributed by atoms with van der Waals surface area (Å²) < 4.78 is 6.01. The topological polar surface area (TPSA) is 21.3 Å². The molecule has 2 atom stereocenters. The Labute approximate surface area is 130 Å². The van der Waals surface area contributed by atoms with Crippen LogP contribution in [-0.4, -0.2) is 20.2 Å². The average molecular weight is 289 g/mol. The van der Waals surface area contributed by atoms with E-state index in [4.69, 9.17) is 4.74 Å². The van der Waals surface area contributed by atoms with Gasteiger partial charge in [0, 0.05) is 0 Å². The maximum atomic E-state index is 6.01. The first kappa shape index (κ1) is 16.4. The summed E-state index contributed by atoms with van der Waals surface area (Å²) in [6, 6.07) is 8.67. The number of hydrogen-bond acceptors (Lipinski definition) is 2. The van der Waals surface area contributed by atoms with Gasteiger partial charge in [0.25, 0.3) is 0 Å². The van der Waals surface area contributed by atoms with E-state index in [-0.39, 0.29) is 0 Å². The zero-order valence-corrected chi connectivity index (χ0v) is 14.1. The molecule has 1 aromatic carbocycles. The molecular weight excluding hydrogens is 258 g/mol. The van der Waals surface area contributed by atoms with Gasteiger partial charge >= 0.3 is 0 Å². The van der Waals surface area contributed by atoms with Gasteiger partial charge in [0.2, 0.25) is 0 Å². The summed E-state index contributed by atoms with van der Waals surface area (Å²) >= 11 is 0. The molecule has 1 aliphatic rings. The molecule has 1 aliphatic carbocycles. The molecule has 21 heavy (non-hydrogen) atoms. The van der Waals surface area contributed by atoms with Crippen LogP contribution in [0.25, 0.3) is 0 Å². The summed E-state index contributed by atoms with van der Waals surface area (Å²) in [6.07, 6.45) is 4.95.